The number of aliphatic hydroxyl groups is 3. The van der Waals surface area contributed by atoms with E-state index >= 15 is 0 Å². The number of primary amides is 1. The third-order valence-electron chi connectivity index (χ3n) is 10.6. The van der Waals surface area contributed by atoms with Crippen LogP contribution in [0.15, 0.2) is 0 Å². The summed E-state index contributed by atoms with van der Waals surface area (Å²) < 4.78 is 6.08. The number of carbonyl (C=O) groups excluding carboxylic acids is 3. The summed E-state index contributed by atoms with van der Waals surface area (Å²) in [5, 5.41) is 34.5. The van der Waals surface area contributed by atoms with E-state index in [-0.39, 0.29) is 18.7 Å². The Morgan fingerprint density at radius 3 is 1.50 bits per heavy atom. The Kier molecular flexibility index (Phi) is 29.3. The molecular formula is C41H80N4O7. The van der Waals surface area contributed by atoms with Gasteiger partial charge in [-0.1, -0.05) is 162 Å². The van der Waals surface area contributed by atoms with E-state index in [2.05, 4.69) is 19.2 Å². The molecule has 306 valence electrons. The number of ether oxygens (including phenoxy) is 1. The molecule has 0 saturated carbocycles. The van der Waals surface area contributed by atoms with Gasteiger partial charge in [-0.05, 0) is 19.3 Å². The van der Waals surface area contributed by atoms with E-state index in [9.17, 15) is 29.7 Å². The van der Waals surface area contributed by atoms with Gasteiger partial charge in [0.15, 0.2) is 6.23 Å². The van der Waals surface area contributed by atoms with E-state index in [1.54, 1.807) is 4.90 Å². The zero-order valence-corrected chi connectivity index (χ0v) is 33.3. The fourth-order valence-corrected chi connectivity index (χ4v) is 7.18. The van der Waals surface area contributed by atoms with Crippen LogP contribution >= 0.6 is 0 Å². The second-order valence-electron chi connectivity index (χ2n) is 15.3. The van der Waals surface area contributed by atoms with E-state index in [0.717, 1.165) is 51.4 Å². The number of nitrogens with one attached hydrogen (secondary N) is 1. The smallest absolute Gasteiger partial charge is 0.237 e. The fourth-order valence-electron chi connectivity index (χ4n) is 7.18. The lowest BCUT2D eigenvalue weighted by Crippen LogP contribution is -2.69. The number of carbonyl (C=O) groups is 3. The number of hydrogen-bond acceptors (Lipinski definition) is 8. The van der Waals surface area contributed by atoms with Gasteiger partial charge in [0.1, 0.15) is 24.4 Å². The summed E-state index contributed by atoms with van der Waals surface area (Å²) in [5.41, 5.74) is 11.2. The molecule has 8 N–H and O–H groups in total. The normalized spacial score (nSPS) is 20.8. The summed E-state index contributed by atoms with van der Waals surface area (Å²) in [5.74, 6) is -1.38. The molecule has 52 heavy (non-hydrogen) atoms. The quantitative estimate of drug-likeness (QED) is 0.0403. The van der Waals surface area contributed by atoms with Crippen molar-refractivity contribution in [3.63, 3.8) is 0 Å². The second kappa shape index (κ2) is 31.5. The first-order valence-electron chi connectivity index (χ1n) is 21.4. The molecule has 0 aromatic heterocycles. The van der Waals surface area contributed by atoms with Crippen molar-refractivity contribution < 1.29 is 34.4 Å². The molecule has 1 fully saturated rings. The molecule has 0 aromatic carbocycles. The maximum atomic E-state index is 13.8. The minimum Gasteiger partial charge on any atom is -0.394 e. The molecule has 1 heterocycles. The molecule has 0 aromatic rings. The van der Waals surface area contributed by atoms with E-state index in [0.29, 0.717) is 13.0 Å². The third-order valence-corrected chi connectivity index (χ3v) is 10.6. The molecule has 0 radical (unpaired) electrons. The molecule has 1 rings (SSSR count). The predicted molar refractivity (Wildman–Crippen MR) is 209 cm³/mol. The van der Waals surface area contributed by atoms with Crippen molar-refractivity contribution >= 4 is 17.7 Å². The van der Waals surface area contributed by atoms with Crippen LogP contribution in [0.3, 0.4) is 0 Å². The number of nitrogens with two attached hydrogens (primary N) is 2. The minimum absolute atomic E-state index is 0.0117. The first-order valence-corrected chi connectivity index (χ1v) is 21.4. The maximum absolute atomic E-state index is 13.8. The highest BCUT2D eigenvalue weighted by molar-refractivity contribution is 5.83. The van der Waals surface area contributed by atoms with Crippen LogP contribution in [0.25, 0.3) is 0 Å². The van der Waals surface area contributed by atoms with Crippen molar-refractivity contribution in [3.8, 4) is 0 Å². The summed E-state index contributed by atoms with van der Waals surface area (Å²) in [7, 11) is 0. The molecule has 0 spiro atoms. The van der Waals surface area contributed by atoms with E-state index in [1.165, 1.54) is 109 Å². The molecule has 1 aliphatic heterocycles. The third kappa shape index (κ3) is 21.8. The van der Waals surface area contributed by atoms with E-state index in [4.69, 9.17) is 16.2 Å². The van der Waals surface area contributed by atoms with Gasteiger partial charge in [0.25, 0.3) is 0 Å². The Labute approximate surface area is 316 Å². The second-order valence-corrected chi connectivity index (χ2v) is 15.3. The number of nitrogens with zero attached hydrogens (tertiary/aromatic N) is 1. The molecule has 1 aliphatic rings. The van der Waals surface area contributed by atoms with Crippen LogP contribution in [-0.2, 0) is 19.1 Å². The molecular weight excluding hydrogens is 660 g/mol. The molecule has 0 unspecified atom stereocenters. The lowest BCUT2D eigenvalue weighted by Gasteiger charge is -2.47. The van der Waals surface area contributed by atoms with Crippen LogP contribution in [0, 0.1) is 0 Å². The van der Waals surface area contributed by atoms with Crippen LogP contribution in [-0.4, -0.2) is 87.7 Å². The van der Waals surface area contributed by atoms with Gasteiger partial charge in [0.05, 0.1) is 12.6 Å². The van der Waals surface area contributed by atoms with Crippen LogP contribution in [0.1, 0.15) is 194 Å². The van der Waals surface area contributed by atoms with Crippen molar-refractivity contribution in [3.05, 3.63) is 0 Å². The topological polar surface area (TPSA) is 188 Å². The van der Waals surface area contributed by atoms with Crippen LogP contribution in [0.2, 0.25) is 0 Å². The number of amides is 3. The summed E-state index contributed by atoms with van der Waals surface area (Å²) >= 11 is 0. The fraction of sp³-hybridized carbons (Fsp3) is 0.927. The number of rotatable bonds is 34. The largest absolute Gasteiger partial charge is 0.394 e. The monoisotopic (exact) mass is 741 g/mol. The summed E-state index contributed by atoms with van der Waals surface area (Å²) in [6.07, 6.45) is 24.8. The van der Waals surface area contributed by atoms with Gasteiger partial charge in [-0.15, -0.1) is 0 Å². The number of hydrogen-bond donors (Lipinski definition) is 6. The van der Waals surface area contributed by atoms with Crippen molar-refractivity contribution in [2.45, 2.75) is 230 Å². The molecule has 11 nitrogen and oxygen atoms in total. The first-order chi connectivity index (χ1) is 25.2. The predicted octanol–water partition coefficient (Wildman–Crippen LogP) is 6.51. The highest BCUT2D eigenvalue weighted by Gasteiger charge is 2.48. The molecule has 6 atom stereocenters. The number of aliphatic hydroxyl groups excluding tert-OH is 3. The zero-order chi connectivity index (χ0) is 38.4. The van der Waals surface area contributed by atoms with Crippen molar-refractivity contribution in [2.24, 2.45) is 11.5 Å². The van der Waals surface area contributed by atoms with E-state index < -0.39 is 55.0 Å². The maximum Gasteiger partial charge on any atom is 0.237 e. The van der Waals surface area contributed by atoms with Gasteiger partial charge in [-0.2, -0.15) is 0 Å². The van der Waals surface area contributed by atoms with Gasteiger partial charge < -0.3 is 41.7 Å². The Bertz CT molecular complexity index is 910. The average molecular weight is 741 g/mol. The molecule has 3 amide bonds. The Morgan fingerprint density at radius 1 is 0.654 bits per heavy atom. The van der Waals surface area contributed by atoms with Gasteiger partial charge in [-0.3, -0.25) is 14.4 Å². The van der Waals surface area contributed by atoms with Gasteiger partial charge >= 0.3 is 0 Å². The first kappa shape index (κ1) is 48.2. The summed E-state index contributed by atoms with van der Waals surface area (Å²) in [4.78, 5) is 39.7. The highest BCUT2D eigenvalue weighted by Crippen LogP contribution is 2.26. The SMILES string of the molecule is CCCCCCCCCCCCCCCCCC(=O)N(CCCCCCCCCCCC)[C@@H]1O[C@H](CO)[C@@H](O)[C@H](O)[C@H]1NC(=O)[C@@H](N)CCC(N)=O. The molecule has 1 saturated heterocycles. The lowest BCUT2D eigenvalue weighted by molar-refractivity contribution is -0.231. The van der Waals surface area contributed by atoms with Crippen LogP contribution < -0.4 is 16.8 Å². The molecule has 0 aliphatic carbocycles. The standard InChI is InChI=1S/C41H80N4O7/c1-3-5-7-9-11-13-15-16-17-18-19-20-22-24-26-28-36(48)45(31-27-25-23-21-14-12-10-8-6-4-2)41-37(39(50)38(49)34(32-46)52-41)44-40(51)33(42)29-30-35(43)47/h33-34,37-39,41,46,49-50H,3-32,42H2,1-2H3,(H2,43,47)(H,44,51)/t33-,34+,37+,38+,39+,41+/m0/s1. The molecule has 11 heteroatoms. The lowest BCUT2D eigenvalue weighted by atomic mass is 9.94. The van der Waals surface area contributed by atoms with Gasteiger partial charge in [-0.25, -0.2) is 0 Å². The van der Waals surface area contributed by atoms with Gasteiger partial charge in [0, 0.05) is 19.4 Å². The Hall–Kier alpha value is -1.79. The average Bonchev–Trinajstić information content (AvgIpc) is 3.13. The van der Waals surface area contributed by atoms with Crippen molar-refractivity contribution in [1.29, 1.82) is 0 Å². The zero-order valence-electron chi connectivity index (χ0n) is 33.3. The minimum atomic E-state index is -1.52. The highest BCUT2D eigenvalue weighted by atomic mass is 16.5. The van der Waals surface area contributed by atoms with Crippen molar-refractivity contribution in [2.75, 3.05) is 13.2 Å². The Morgan fingerprint density at radius 2 is 1.08 bits per heavy atom. The summed E-state index contributed by atoms with van der Waals surface area (Å²) in [6.45, 7) is 4.27. The number of unbranched alkanes of at least 4 members (excludes halogenated alkanes) is 23. The van der Waals surface area contributed by atoms with Gasteiger partial charge in [0.2, 0.25) is 17.7 Å². The Balaban J connectivity index is 2.74. The van der Waals surface area contributed by atoms with Crippen LogP contribution in [0.4, 0.5) is 0 Å². The van der Waals surface area contributed by atoms with E-state index in [1.807, 2.05) is 0 Å². The molecule has 0 bridgehead atoms. The van der Waals surface area contributed by atoms with Crippen molar-refractivity contribution in [1.82, 2.24) is 10.2 Å². The summed E-state index contributed by atoms with van der Waals surface area (Å²) in [6, 6.07) is -2.27. The van der Waals surface area contributed by atoms with Crippen LogP contribution in [0.5, 0.6) is 0 Å².